The summed E-state index contributed by atoms with van der Waals surface area (Å²) in [5.41, 5.74) is 10.0. The normalized spacial score (nSPS) is 11.5. The summed E-state index contributed by atoms with van der Waals surface area (Å²) in [5.74, 6) is 0. The van der Waals surface area contributed by atoms with Crippen molar-refractivity contribution in [3.63, 3.8) is 0 Å². The van der Waals surface area contributed by atoms with Gasteiger partial charge in [-0.3, -0.25) is 0 Å². The second kappa shape index (κ2) is 8.76. The Hall–Kier alpha value is -2.16. The van der Waals surface area contributed by atoms with Crippen molar-refractivity contribution in [2.24, 2.45) is 0 Å². The van der Waals surface area contributed by atoms with Crippen LogP contribution in [0.2, 0.25) is 0 Å². The Labute approximate surface area is 202 Å². The molecule has 0 atom stereocenters. The number of rotatable bonds is 3. The molecule has 31 heavy (non-hydrogen) atoms. The van der Waals surface area contributed by atoms with E-state index in [0.29, 0.717) is 0 Å². The lowest BCUT2D eigenvalue weighted by Crippen LogP contribution is -2.10. The summed E-state index contributed by atoms with van der Waals surface area (Å²) in [6.45, 7) is 8.92. The molecule has 0 aliphatic carbocycles. The summed E-state index contributed by atoms with van der Waals surface area (Å²) in [7, 11) is 0. The molecule has 0 fully saturated rings. The van der Waals surface area contributed by atoms with E-state index < -0.39 is 0 Å². The zero-order chi connectivity index (χ0) is 22.2. The van der Waals surface area contributed by atoms with Gasteiger partial charge in [0.05, 0.1) is 0 Å². The van der Waals surface area contributed by atoms with Crippen LogP contribution in [-0.4, -0.2) is 0 Å². The van der Waals surface area contributed by atoms with E-state index in [4.69, 9.17) is 0 Å². The van der Waals surface area contributed by atoms with Crippen LogP contribution in [0.5, 0.6) is 0 Å². The molecule has 0 amide bonds. The summed E-state index contributed by atoms with van der Waals surface area (Å²) >= 11 is 7.60. The summed E-state index contributed by atoms with van der Waals surface area (Å²) in [5, 5.41) is 0. The first kappa shape index (κ1) is 22.0. The second-order valence-electron chi connectivity index (χ2n) is 9.04. The minimum absolute atomic E-state index is 0.115. The molecule has 4 aromatic rings. The van der Waals surface area contributed by atoms with Gasteiger partial charge in [-0.1, -0.05) is 107 Å². The fourth-order valence-corrected chi connectivity index (χ4v) is 5.02. The number of hydrogen-bond acceptors (Lipinski definition) is 0. The maximum absolute atomic E-state index is 3.86. The quantitative estimate of drug-likeness (QED) is 0.246. The molecule has 0 radical (unpaired) electrons. The molecule has 156 valence electrons. The molecule has 0 heterocycles. The lowest BCUT2D eigenvalue weighted by atomic mass is 9.85. The van der Waals surface area contributed by atoms with Crippen molar-refractivity contribution in [1.82, 2.24) is 0 Å². The maximum Gasteiger partial charge on any atom is 0.0256 e. The van der Waals surface area contributed by atoms with Gasteiger partial charge in [-0.25, -0.2) is 0 Å². The summed E-state index contributed by atoms with van der Waals surface area (Å²) < 4.78 is 2.23. The molecule has 4 rings (SSSR count). The Morgan fingerprint density at radius 2 is 1.06 bits per heavy atom. The van der Waals surface area contributed by atoms with E-state index in [0.717, 1.165) is 8.95 Å². The van der Waals surface area contributed by atoms with Crippen LogP contribution in [0.1, 0.15) is 31.9 Å². The molecule has 0 saturated carbocycles. The van der Waals surface area contributed by atoms with Crippen molar-refractivity contribution in [2.45, 2.75) is 33.1 Å². The Morgan fingerprint density at radius 1 is 0.548 bits per heavy atom. The highest BCUT2D eigenvalue weighted by Gasteiger charge is 2.17. The Bertz CT molecular complexity index is 1180. The van der Waals surface area contributed by atoms with E-state index >= 15 is 0 Å². The SMILES string of the molecule is Cc1ccccc1-c1cc(-c2ccccc2Br)cc(-c2ccc(C(C)(C)C)cc2Br)c1. The largest absolute Gasteiger partial charge is 0.0620 e. The van der Waals surface area contributed by atoms with Crippen LogP contribution < -0.4 is 0 Å². The molecule has 0 bridgehead atoms. The van der Waals surface area contributed by atoms with E-state index in [-0.39, 0.29) is 5.41 Å². The van der Waals surface area contributed by atoms with Gasteiger partial charge in [0.2, 0.25) is 0 Å². The van der Waals surface area contributed by atoms with Crippen molar-refractivity contribution < 1.29 is 0 Å². The standard InChI is InChI=1S/C29H26Br2/c1-19-9-5-6-10-24(19)20-15-21(25-11-7-8-12-27(25)30)17-22(16-20)26-14-13-23(18-28(26)31)29(2,3)4/h5-18H,1-4H3. The van der Waals surface area contributed by atoms with Crippen LogP contribution in [0.4, 0.5) is 0 Å². The molecule has 0 saturated heterocycles. The molecule has 2 heteroatoms. The molecule has 4 aromatic carbocycles. The fraction of sp³-hybridized carbons (Fsp3) is 0.172. The number of benzene rings is 4. The first-order valence-electron chi connectivity index (χ1n) is 10.5. The Morgan fingerprint density at radius 3 is 1.61 bits per heavy atom. The van der Waals surface area contributed by atoms with Gasteiger partial charge in [0, 0.05) is 8.95 Å². The van der Waals surface area contributed by atoms with Crippen molar-refractivity contribution >= 4 is 31.9 Å². The number of halogens is 2. The molecule has 0 nitrogen and oxygen atoms in total. The highest BCUT2D eigenvalue weighted by atomic mass is 79.9. The average molecular weight is 534 g/mol. The average Bonchev–Trinajstić information content (AvgIpc) is 2.73. The highest BCUT2D eigenvalue weighted by Crippen LogP contribution is 2.39. The van der Waals surface area contributed by atoms with Crippen molar-refractivity contribution in [3.05, 3.63) is 105 Å². The van der Waals surface area contributed by atoms with Gasteiger partial charge in [-0.2, -0.15) is 0 Å². The van der Waals surface area contributed by atoms with Gasteiger partial charge in [-0.05, 0) is 87.2 Å². The van der Waals surface area contributed by atoms with Crippen molar-refractivity contribution in [1.29, 1.82) is 0 Å². The first-order valence-corrected chi connectivity index (χ1v) is 12.1. The van der Waals surface area contributed by atoms with Crippen LogP contribution >= 0.6 is 31.9 Å². The van der Waals surface area contributed by atoms with Crippen LogP contribution in [0.3, 0.4) is 0 Å². The third-order valence-corrected chi connectivity index (χ3v) is 7.07. The molecule has 0 spiro atoms. The first-order chi connectivity index (χ1) is 14.7. The summed E-state index contributed by atoms with van der Waals surface area (Å²) in [4.78, 5) is 0. The second-order valence-corrected chi connectivity index (χ2v) is 10.7. The van der Waals surface area contributed by atoms with Gasteiger partial charge < -0.3 is 0 Å². The molecule has 0 unspecified atom stereocenters. The maximum atomic E-state index is 3.86. The smallest absolute Gasteiger partial charge is 0.0256 e. The number of aryl methyl sites for hydroxylation is 1. The molecule has 0 aliphatic rings. The summed E-state index contributed by atoms with van der Waals surface area (Å²) in [6, 6.07) is 30.6. The monoisotopic (exact) mass is 532 g/mol. The molecule has 0 aromatic heterocycles. The van der Waals surface area contributed by atoms with Crippen LogP contribution in [0.25, 0.3) is 33.4 Å². The molecular formula is C29H26Br2. The summed E-state index contributed by atoms with van der Waals surface area (Å²) in [6.07, 6.45) is 0. The Balaban J connectivity index is 1.95. The third kappa shape index (κ3) is 4.71. The molecule has 0 N–H and O–H groups in total. The minimum atomic E-state index is 0.115. The third-order valence-electron chi connectivity index (χ3n) is 5.72. The van der Waals surface area contributed by atoms with E-state index in [1.165, 1.54) is 44.5 Å². The van der Waals surface area contributed by atoms with Crippen LogP contribution in [0, 0.1) is 6.92 Å². The van der Waals surface area contributed by atoms with Gasteiger partial charge in [0.15, 0.2) is 0 Å². The number of hydrogen-bond donors (Lipinski definition) is 0. The van der Waals surface area contributed by atoms with Crippen molar-refractivity contribution in [2.75, 3.05) is 0 Å². The fourth-order valence-electron chi connectivity index (χ4n) is 3.90. The topological polar surface area (TPSA) is 0 Å². The van der Waals surface area contributed by atoms with E-state index in [1.807, 2.05) is 0 Å². The minimum Gasteiger partial charge on any atom is -0.0620 e. The van der Waals surface area contributed by atoms with Gasteiger partial charge in [-0.15, -0.1) is 0 Å². The van der Waals surface area contributed by atoms with E-state index in [9.17, 15) is 0 Å². The highest BCUT2D eigenvalue weighted by molar-refractivity contribution is 9.11. The lowest BCUT2D eigenvalue weighted by Gasteiger charge is -2.21. The van der Waals surface area contributed by atoms with Gasteiger partial charge in [0.25, 0.3) is 0 Å². The molecule has 0 aliphatic heterocycles. The predicted octanol–water partition coefficient (Wildman–Crippen LogP) is 9.82. The zero-order valence-corrected chi connectivity index (χ0v) is 21.5. The van der Waals surface area contributed by atoms with Crippen molar-refractivity contribution in [3.8, 4) is 33.4 Å². The Kier molecular flexibility index (Phi) is 6.23. The van der Waals surface area contributed by atoms with E-state index in [2.05, 4.69) is 144 Å². The van der Waals surface area contributed by atoms with Crippen LogP contribution in [0.15, 0.2) is 93.9 Å². The van der Waals surface area contributed by atoms with E-state index in [1.54, 1.807) is 0 Å². The predicted molar refractivity (Wildman–Crippen MR) is 142 cm³/mol. The zero-order valence-electron chi connectivity index (χ0n) is 18.3. The van der Waals surface area contributed by atoms with Crippen LogP contribution in [-0.2, 0) is 5.41 Å². The lowest BCUT2D eigenvalue weighted by molar-refractivity contribution is 0.590. The van der Waals surface area contributed by atoms with Gasteiger partial charge >= 0.3 is 0 Å². The molecular weight excluding hydrogens is 508 g/mol. The van der Waals surface area contributed by atoms with Gasteiger partial charge in [0.1, 0.15) is 0 Å².